The summed E-state index contributed by atoms with van der Waals surface area (Å²) in [6.45, 7) is 0.426. The Morgan fingerprint density at radius 2 is 1.64 bits per heavy atom. The lowest BCUT2D eigenvalue weighted by atomic mass is 10.1. The van der Waals surface area contributed by atoms with Crippen molar-refractivity contribution in [2.24, 2.45) is 17.8 Å². The Bertz CT molecular complexity index is 146. The summed E-state index contributed by atoms with van der Waals surface area (Å²) >= 11 is 0. The highest BCUT2D eigenvalue weighted by Gasteiger charge is 2.47. The van der Waals surface area contributed by atoms with Crippen LogP contribution >= 0.6 is 0 Å². The molecule has 1 nitrogen and oxygen atoms in total. The van der Waals surface area contributed by atoms with Crippen LogP contribution in [0.2, 0.25) is 0 Å². The number of aliphatic hydroxyl groups is 1. The van der Waals surface area contributed by atoms with Gasteiger partial charge in [-0.3, -0.25) is 0 Å². The molecule has 0 radical (unpaired) electrons. The van der Waals surface area contributed by atoms with Crippen LogP contribution in [0.1, 0.15) is 25.7 Å². The Labute approximate surface area is 68.1 Å². The van der Waals surface area contributed by atoms with Crippen LogP contribution in [0, 0.1) is 17.8 Å². The Morgan fingerprint density at radius 3 is 2.09 bits per heavy atom. The van der Waals surface area contributed by atoms with E-state index in [1.54, 1.807) is 0 Å². The molecule has 3 atom stereocenters. The highest BCUT2D eigenvalue weighted by Crippen LogP contribution is 2.52. The van der Waals surface area contributed by atoms with Gasteiger partial charge in [-0.1, -0.05) is 12.2 Å². The van der Waals surface area contributed by atoms with Gasteiger partial charge in [0.05, 0.1) is 0 Å². The number of fused-ring (bicyclic) bond motifs is 1. The van der Waals surface area contributed by atoms with E-state index in [9.17, 15) is 0 Å². The number of rotatable bonds is 1. The van der Waals surface area contributed by atoms with Gasteiger partial charge in [-0.15, -0.1) is 0 Å². The highest BCUT2D eigenvalue weighted by molar-refractivity contribution is 5.00. The molecule has 1 heteroatoms. The van der Waals surface area contributed by atoms with Gasteiger partial charge in [-0.05, 0) is 43.4 Å². The molecule has 2 rings (SSSR count). The van der Waals surface area contributed by atoms with Crippen LogP contribution in [0.25, 0.3) is 0 Å². The van der Waals surface area contributed by atoms with Crippen LogP contribution in [0.3, 0.4) is 0 Å². The molecule has 0 heterocycles. The van der Waals surface area contributed by atoms with Gasteiger partial charge in [0.2, 0.25) is 0 Å². The van der Waals surface area contributed by atoms with Crippen LogP contribution in [0.15, 0.2) is 12.2 Å². The summed E-state index contributed by atoms with van der Waals surface area (Å²) in [7, 11) is 0. The summed E-state index contributed by atoms with van der Waals surface area (Å²) in [6, 6.07) is 0. The van der Waals surface area contributed by atoms with Crippen molar-refractivity contribution in [3.63, 3.8) is 0 Å². The number of aliphatic hydroxyl groups excluding tert-OH is 1. The first-order valence-corrected chi connectivity index (χ1v) is 4.69. The fourth-order valence-electron chi connectivity index (χ4n) is 2.46. The third kappa shape index (κ3) is 1.34. The Balaban J connectivity index is 1.91. The average molecular weight is 152 g/mol. The molecule has 0 aromatic rings. The second-order valence-corrected chi connectivity index (χ2v) is 3.80. The zero-order valence-corrected chi connectivity index (χ0v) is 6.87. The summed E-state index contributed by atoms with van der Waals surface area (Å²) in [5, 5.41) is 9.00. The topological polar surface area (TPSA) is 20.2 Å². The fraction of sp³-hybridized carbons (Fsp3) is 0.800. The third-order valence-corrected chi connectivity index (χ3v) is 3.22. The van der Waals surface area contributed by atoms with Gasteiger partial charge in [-0.25, -0.2) is 0 Å². The van der Waals surface area contributed by atoms with E-state index in [1.807, 2.05) is 0 Å². The minimum atomic E-state index is 0.426. The fourth-order valence-corrected chi connectivity index (χ4v) is 2.46. The van der Waals surface area contributed by atoms with Gasteiger partial charge in [-0.2, -0.15) is 0 Å². The van der Waals surface area contributed by atoms with Crippen molar-refractivity contribution in [3.8, 4) is 0 Å². The molecule has 0 saturated heterocycles. The number of hydrogen-bond acceptors (Lipinski definition) is 1. The molecular formula is C10H16O. The standard InChI is InChI=1S/C10H16O/c11-7-10-8-5-3-1-2-4-6-9(8)10/h1-2,8-11H,3-7H2/b2-1-/t8-,9+,10-. The van der Waals surface area contributed by atoms with Gasteiger partial charge < -0.3 is 5.11 Å². The van der Waals surface area contributed by atoms with E-state index >= 15 is 0 Å². The van der Waals surface area contributed by atoms with E-state index < -0.39 is 0 Å². The van der Waals surface area contributed by atoms with Crippen LogP contribution < -0.4 is 0 Å². The van der Waals surface area contributed by atoms with Crippen molar-refractivity contribution in [1.29, 1.82) is 0 Å². The molecule has 0 amide bonds. The molecule has 2 aliphatic carbocycles. The molecule has 0 aliphatic heterocycles. The summed E-state index contributed by atoms with van der Waals surface area (Å²) in [5.41, 5.74) is 0. The van der Waals surface area contributed by atoms with E-state index in [0.717, 1.165) is 11.8 Å². The number of hydrogen-bond donors (Lipinski definition) is 1. The minimum absolute atomic E-state index is 0.426. The van der Waals surface area contributed by atoms with Crippen molar-refractivity contribution >= 4 is 0 Å². The van der Waals surface area contributed by atoms with Gasteiger partial charge in [0.25, 0.3) is 0 Å². The van der Waals surface area contributed by atoms with Gasteiger partial charge in [0.1, 0.15) is 0 Å². The molecule has 0 aromatic carbocycles. The smallest absolute Gasteiger partial charge is 0.0464 e. The summed E-state index contributed by atoms with van der Waals surface area (Å²) in [6.07, 6.45) is 9.68. The summed E-state index contributed by atoms with van der Waals surface area (Å²) < 4.78 is 0. The SMILES string of the molecule is OC[C@H]1[C@H]2CC/C=C\CC[C@@H]12. The molecule has 0 spiro atoms. The Hall–Kier alpha value is -0.300. The van der Waals surface area contributed by atoms with Crippen LogP contribution in [-0.4, -0.2) is 11.7 Å². The molecule has 0 bridgehead atoms. The van der Waals surface area contributed by atoms with Crippen LogP contribution in [-0.2, 0) is 0 Å². The van der Waals surface area contributed by atoms with E-state index in [2.05, 4.69) is 12.2 Å². The van der Waals surface area contributed by atoms with Crippen molar-refractivity contribution in [1.82, 2.24) is 0 Å². The second-order valence-electron chi connectivity index (χ2n) is 3.80. The lowest BCUT2D eigenvalue weighted by molar-refractivity contribution is 0.262. The third-order valence-electron chi connectivity index (χ3n) is 3.22. The molecular weight excluding hydrogens is 136 g/mol. The monoisotopic (exact) mass is 152 g/mol. The van der Waals surface area contributed by atoms with E-state index in [4.69, 9.17) is 5.11 Å². The van der Waals surface area contributed by atoms with Crippen LogP contribution in [0.5, 0.6) is 0 Å². The zero-order valence-electron chi connectivity index (χ0n) is 6.87. The Kier molecular flexibility index (Phi) is 1.99. The number of allylic oxidation sites excluding steroid dienone is 2. The predicted molar refractivity (Wildman–Crippen MR) is 45.2 cm³/mol. The molecule has 0 unspecified atom stereocenters. The molecule has 2 aliphatic rings. The maximum Gasteiger partial charge on any atom is 0.0464 e. The van der Waals surface area contributed by atoms with E-state index in [-0.39, 0.29) is 0 Å². The van der Waals surface area contributed by atoms with Gasteiger partial charge in [0, 0.05) is 6.61 Å². The first-order chi connectivity index (χ1) is 5.43. The Morgan fingerprint density at radius 1 is 1.09 bits per heavy atom. The minimum Gasteiger partial charge on any atom is -0.396 e. The average Bonchev–Trinajstić information content (AvgIpc) is 2.60. The van der Waals surface area contributed by atoms with Crippen LogP contribution in [0.4, 0.5) is 0 Å². The molecule has 0 aromatic heterocycles. The lowest BCUT2D eigenvalue weighted by Gasteiger charge is -1.99. The largest absolute Gasteiger partial charge is 0.396 e. The molecule has 1 saturated carbocycles. The summed E-state index contributed by atoms with van der Waals surface area (Å²) in [4.78, 5) is 0. The van der Waals surface area contributed by atoms with Crippen molar-refractivity contribution < 1.29 is 5.11 Å². The van der Waals surface area contributed by atoms with Crippen molar-refractivity contribution in [2.75, 3.05) is 6.61 Å². The normalized spacial score (nSPS) is 45.4. The molecule has 1 N–H and O–H groups in total. The van der Waals surface area contributed by atoms with E-state index in [0.29, 0.717) is 12.5 Å². The van der Waals surface area contributed by atoms with Crippen molar-refractivity contribution in [3.05, 3.63) is 12.2 Å². The predicted octanol–water partition coefficient (Wildman–Crippen LogP) is 1.97. The lowest BCUT2D eigenvalue weighted by Crippen LogP contribution is -1.88. The summed E-state index contributed by atoms with van der Waals surface area (Å²) in [5.74, 6) is 2.39. The molecule has 11 heavy (non-hydrogen) atoms. The molecule has 62 valence electrons. The first-order valence-electron chi connectivity index (χ1n) is 4.69. The maximum atomic E-state index is 9.00. The maximum absolute atomic E-state index is 9.00. The van der Waals surface area contributed by atoms with Gasteiger partial charge in [0.15, 0.2) is 0 Å². The quantitative estimate of drug-likeness (QED) is 0.569. The van der Waals surface area contributed by atoms with Crippen molar-refractivity contribution in [2.45, 2.75) is 25.7 Å². The van der Waals surface area contributed by atoms with Gasteiger partial charge >= 0.3 is 0 Å². The highest BCUT2D eigenvalue weighted by atomic mass is 16.3. The first kappa shape index (κ1) is 7.35. The van der Waals surface area contributed by atoms with E-state index in [1.165, 1.54) is 25.7 Å². The molecule has 1 fully saturated rings. The zero-order chi connectivity index (χ0) is 7.68. The second kappa shape index (κ2) is 2.98.